The lowest BCUT2D eigenvalue weighted by molar-refractivity contribution is -0.137. The highest BCUT2D eigenvalue weighted by molar-refractivity contribution is 7.17. The lowest BCUT2D eigenvalue weighted by atomic mass is 10.1. The Balaban J connectivity index is 1.54. The van der Waals surface area contributed by atoms with E-state index >= 15 is 0 Å². The smallest absolute Gasteiger partial charge is 0.325 e. The minimum absolute atomic E-state index is 0.180. The maximum absolute atomic E-state index is 14.0. The third kappa shape index (κ3) is 4.28. The van der Waals surface area contributed by atoms with E-state index in [1.807, 2.05) is 29.6 Å². The van der Waals surface area contributed by atoms with E-state index in [0.29, 0.717) is 34.0 Å². The summed E-state index contributed by atoms with van der Waals surface area (Å²) in [6, 6.07) is 11.7. The summed E-state index contributed by atoms with van der Waals surface area (Å²) in [5, 5.41) is 24.6. The fourth-order valence-electron chi connectivity index (χ4n) is 3.43. The molecule has 5 rings (SSSR count). The van der Waals surface area contributed by atoms with E-state index in [1.54, 1.807) is 24.7 Å². The third-order valence-corrected chi connectivity index (χ3v) is 5.81. The average Bonchev–Trinajstić information content (AvgIpc) is 3.48. The molecule has 0 saturated heterocycles. The van der Waals surface area contributed by atoms with Crippen molar-refractivity contribution in [2.75, 3.05) is 0 Å². The van der Waals surface area contributed by atoms with Crippen molar-refractivity contribution in [2.45, 2.75) is 13.2 Å². The number of benzene rings is 1. The number of pyridine rings is 1. The van der Waals surface area contributed by atoms with Crippen LogP contribution in [0.3, 0.4) is 0 Å². The molecule has 0 aliphatic rings. The van der Waals surface area contributed by atoms with Crippen LogP contribution in [0.4, 0.5) is 4.39 Å². The van der Waals surface area contributed by atoms with Crippen molar-refractivity contribution in [3.63, 3.8) is 0 Å². The summed E-state index contributed by atoms with van der Waals surface area (Å²) in [6.45, 7) is -0.0655. The Morgan fingerprint density at radius 1 is 1.15 bits per heavy atom. The minimum Gasteiger partial charge on any atom is -0.486 e. The monoisotopic (exact) mass is 461 g/mol. The number of fused-ring (bicyclic) bond motifs is 1. The highest BCUT2D eigenvalue weighted by atomic mass is 32.1. The molecule has 164 valence electrons. The molecule has 4 aromatic heterocycles. The largest absolute Gasteiger partial charge is 0.486 e. The van der Waals surface area contributed by atoms with Crippen molar-refractivity contribution in [3.05, 3.63) is 77.9 Å². The molecule has 4 heterocycles. The molecule has 0 radical (unpaired) electrons. The first kappa shape index (κ1) is 20.7. The number of halogens is 1. The van der Waals surface area contributed by atoms with E-state index < -0.39 is 11.8 Å². The predicted molar refractivity (Wildman–Crippen MR) is 120 cm³/mol. The molecule has 10 heteroatoms. The van der Waals surface area contributed by atoms with Crippen molar-refractivity contribution in [3.8, 4) is 28.3 Å². The zero-order valence-electron chi connectivity index (χ0n) is 17.1. The average molecular weight is 461 g/mol. The summed E-state index contributed by atoms with van der Waals surface area (Å²) < 4.78 is 22.1. The van der Waals surface area contributed by atoms with Crippen LogP contribution in [0.1, 0.15) is 5.69 Å². The molecular formula is C23H16FN5O3S. The minimum atomic E-state index is -0.985. The van der Waals surface area contributed by atoms with Crippen molar-refractivity contribution >= 4 is 27.4 Å². The highest BCUT2D eigenvalue weighted by Gasteiger charge is 2.19. The lowest BCUT2D eigenvalue weighted by Gasteiger charge is -2.12. The van der Waals surface area contributed by atoms with Crippen LogP contribution in [0.5, 0.6) is 5.75 Å². The normalized spacial score (nSPS) is 11.1. The quantitative estimate of drug-likeness (QED) is 0.383. The summed E-state index contributed by atoms with van der Waals surface area (Å²) >= 11 is 1.48. The first-order chi connectivity index (χ1) is 16.1. The second-order valence-electron chi connectivity index (χ2n) is 7.13. The molecule has 8 nitrogen and oxygen atoms in total. The van der Waals surface area contributed by atoms with Gasteiger partial charge in [0.15, 0.2) is 0 Å². The number of hydrogen-bond acceptors (Lipinski definition) is 7. The molecule has 0 fully saturated rings. The molecule has 0 saturated carbocycles. The summed E-state index contributed by atoms with van der Waals surface area (Å²) in [6.07, 6.45) is 4.85. The molecule has 0 spiro atoms. The van der Waals surface area contributed by atoms with E-state index in [2.05, 4.69) is 20.3 Å². The molecule has 0 atom stereocenters. The fraction of sp³-hybridized carbons (Fsp3) is 0.0870. The number of aliphatic carboxylic acids is 1. The van der Waals surface area contributed by atoms with Gasteiger partial charge < -0.3 is 9.84 Å². The van der Waals surface area contributed by atoms with Gasteiger partial charge in [-0.05, 0) is 35.7 Å². The topological polar surface area (TPSA) is 103 Å². The van der Waals surface area contributed by atoms with E-state index in [-0.39, 0.29) is 13.2 Å². The summed E-state index contributed by atoms with van der Waals surface area (Å²) in [5.74, 6) is -1.07. The number of carboxylic acids is 1. The first-order valence-electron chi connectivity index (χ1n) is 9.89. The number of thiophene rings is 1. The van der Waals surface area contributed by atoms with Gasteiger partial charge in [-0.2, -0.15) is 5.10 Å². The highest BCUT2D eigenvalue weighted by Crippen LogP contribution is 2.39. The Hall–Kier alpha value is -4.18. The fourth-order valence-corrected chi connectivity index (χ4v) is 4.32. The van der Waals surface area contributed by atoms with Gasteiger partial charge in [0.2, 0.25) is 0 Å². The van der Waals surface area contributed by atoms with Gasteiger partial charge in [-0.15, -0.1) is 21.5 Å². The van der Waals surface area contributed by atoms with Gasteiger partial charge in [0.25, 0.3) is 0 Å². The van der Waals surface area contributed by atoms with Crippen LogP contribution in [0.15, 0.2) is 66.4 Å². The van der Waals surface area contributed by atoms with Gasteiger partial charge >= 0.3 is 5.97 Å². The number of carboxylic acid groups (broad SMARTS) is 1. The van der Waals surface area contributed by atoms with Gasteiger partial charge in [-0.3, -0.25) is 14.5 Å². The summed E-state index contributed by atoms with van der Waals surface area (Å²) in [7, 11) is 0. The third-order valence-electron chi connectivity index (χ3n) is 4.89. The van der Waals surface area contributed by atoms with Crippen molar-refractivity contribution in [2.24, 2.45) is 0 Å². The van der Waals surface area contributed by atoms with Crippen LogP contribution in [-0.2, 0) is 17.9 Å². The molecule has 0 amide bonds. The number of aromatic nitrogens is 5. The van der Waals surface area contributed by atoms with Gasteiger partial charge in [0, 0.05) is 35.0 Å². The molecule has 1 N–H and O–H groups in total. The second kappa shape index (κ2) is 8.75. The number of nitrogens with zero attached hydrogens (tertiary/aromatic N) is 5. The zero-order chi connectivity index (χ0) is 22.8. The van der Waals surface area contributed by atoms with E-state index in [9.17, 15) is 9.18 Å². The van der Waals surface area contributed by atoms with Crippen LogP contribution < -0.4 is 4.74 Å². The molecule has 0 unspecified atom stereocenters. The summed E-state index contributed by atoms with van der Waals surface area (Å²) in [5.41, 5.74) is 3.14. The number of ether oxygens (including phenoxy) is 1. The number of hydrogen-bond donors (Lipinski definition) is 1. The molecule has 1 aromatic carbocycles. The molecule has 0 bridgehead atoms. The van der Waals surface area contributed by atoms with Gasteiger partial charge in [-0.1, -0.05) is 6.07 Å². The summed E-state index contributed by atoms with van der Waals surface area (Å²) in [4.78, 5) is 15.2. The van der Waals surface area contributed by atoms with Crippen molar-refractivity contribution in [1.82, 2.24) is 25.0 Å². The predicted octanol–water partition coefficient (Wildman–Crippen LogP) is 4.42. The Morgan fingerprint density at radius 2 is 2.03 bits per heavy atom. The van der Waals surface area contributed by atoms with Crippen LogP contribution >= 0.6 is 11.3 Å². The maximum Gasteiger partial charge on any atom is 0.325 e. The van der Waals surface area contributed by atoms with Gasteiger partial charge in [0.1, 0.15) is 36.1 Å². The second-order valence-corrected chi connectivity index (χ2v) is 8.05. The van der Waals surface area contributed by atoms with Crippen molar-refractivity contribution < 1.29 is 19.0 Å². The molecule has 33 heavy (non-hydrogen) atoms. The number of carbonyl (C=O) groups is 1. The Kier molecular flexibility index (Phi) is 5.49. The van der Waals surface area contributed by atoms with Gasteiger partial charge in [0.05, 0.1) is 16.6 Å². The molecule has 0 aliphatic carbocycles. The first-order valence-corrected chi connectivity index (χ1v) is 10.8. The van der Waals surface area contributed by atoms with Crippen LogP contribution in [0.2, 0.25) is 0 Å². The lowest BCUT2D eigenvalue weighted by Crippen LogP contribution is -2.08. The van der Waals surface area contributed by atoms with Crippen LogP contribution in [-0.4, -0.2) is 36.0 Å². The molecule has 5 aromatic rings. The SMILES string of the molecule is O=C(O)Cn1cc(-c2nnc(-c3ccc(F)cc3OCc3ccccn3)c3sccc23)cn1. The van der Waals surface area contributed by atoms with Crippen molar-refractivity contribution in [1.29, 1.82) is 0 Å². The Morgan fingerprint density at radius 3 is 2.85 bits per heavy atom. The van der Waals surface area contributed by atoms with Gasteiger partial charge in [-0.25, -0.2) is 4.39 Å². The van der Waals surface area contributed by atoms with E-state index in [4.69, 9.17) is 9.84 Å². The molecular weight excluding hydrogens is 445 g/mol. The van der Waals surface area contributed by atoms with Crippen LogP contribution in [0.25, 0.3) is 32.6 Å². The maximum atomic E-state index is 14.0. The Bertz CT molecular complexity index is 1450. The van der Waals surface area contributed by atoms with E-state index in [0.717, 1.165) is 10.1 Å². The standard InChI is InChI=1S/C23H16FN5O3S/c24-15-4-5-17(19(9-15)32-13-16-3-1-2-7-25-16)22-23-18(6-8-33-23)21(27-28-22)14-10-26-29(11-14)12-20(30)31/h1-11H,12-13H2,(H,30,31). The van der Waals surface area contributed by atoms with Crippen LogP contribution in [0, 0.1) is 5.82 Å². The molecule has 0 aliphatic heterocycles. The number of rotatable bonds is 7. The van der Waals surface area contributed by atoms with E-state index in [1.165, 1.54) is 28.2 Å². The zero-order valence-corrected chi connectivity index (χ0v) is 17.9. The Labute approximate surface area is 190 Å².